The fourth-order valence-corrected chi connectivity index (χ4v) is 2.46. The van der Waals surface area contributed by atoms with Crippen LogP contribution in [0.25, 0.3) is 10.6 Å². The molecular formula is C12H12ClNO2S. The summed E-state index contributed by atoms with van der Waals surface area (Å²) < 4.78 is 5.36. The molecular weight excluding hydrogens is 258 g/mol. The van der Waals surface area contributed by atoms with Gasteiger partial charge in [-0.2, -0.15) is 0 Å². The lowest BCUT2D eigenvalue weighted by Crippen LogP contribution is -1.92. The highest BCUT2D eigenvalue weighted by atomic mass is 35.5. The van der Waals surface area contributed by atoms with E-state index in [1.807, 2.05) is 19.1 Å². The van der Waals surface area contributed by atoms with Gasteiger partial charge in [0.05, 0.1) is 17.3 Å². The predicted octanol–water partition coefficient (Wildman–Crippen LogP) is 3.88. The third-order valence-corrected chi connectivity index (χ3v) is 3.56. The maximum Gasteiger partial charge on any atom is 0.195 e. The average Bonchev–Trinajstić information content (AvgIpc) is 2.62. The molecule has 0 aliphatic heterocycles. The van der Waals surface area contributed by atoms with Crippen LogP contribution in [-0.4, -0.2) is 16.7 Å². The molecule has 3 nitrogen and oxygen atoms in total. The molecule has 0 radical (unpaired) electrons. The van der Waals surface area contributed by atoms with Gasteiger partial charge in [0.2, 0.25) is 0 Å². The molecule has 0 bridgehead atoms. The SMILES string of the molecule is CCOc1ccc(-c2nc(C)c(O)s2)cc1Cl. The summed E-state index contributed by atoms with van der Waals surface area (Å²) in [5.41, 5.74) is 1.52. The van der Waals surface area contributed by atoms with E-state index in [9.17, 15) is 5.11 Å². The van der Waals surface area contributed by atoms with Crippen LogP contribution in [0, 0.1) is 6.92 Å². The van der Waals surface area contributed by atoms with E-state index in [4.69, 9.17) is 16.3 Å². The molecule has 0 atom stereocenters. The van der Waals surface area contributed by atoms with E-state index in [0.29, 0.717) is 23.1 Å². The van der Waals surface area contributed by atoms with Crippen molar-refractivity contribution in [3.05, 3.63) is 28.9 Å². The number of aromatic nitrogens is 1. The van der Waals surface area contributed by atoms with E-state index in [2.05, 4.69) is 4.98 Å². The van der Waals surface area contributed by atoms with Crippen LogP contribution in [0.5, 0.6) is 10.8 Å². The van der Waals surface area contributed by atoms with Crippen LogP contribution in [0.4, 0.5) is 0 Å². The molecule has 1 aromatic carbocycles. The second kappa shape index (κ2) is 4.94. The molecule has 0 aliphatic carbocycles. The summed E-state index contributed by atoms with van der Waals surface area (Å²) in [7, 11) is 0. The minimum absolute atomic E-state index is 0.241. The number of halogens is 1. The molecule has 0 amide bonds. The maximum atomic E-state index is 9.51. The first-order valence-electron chi connectivity index (χ1n) is 5.21. The normalized spacial score (nSPS) is 10.5. The van der Waals surface area contributed by atoms with E-state index in [-0.39, 0.29) is 5.06 Å². The van der Waals surface area contributed by atoms with E-state index in [1.54, 1.807) is 13.0 Å². The number of hydrogen-bond donors (Lipinski definition) is 1. The first-order valence-corrected chi connectivity index (χ1v) is 6.40. The predicted molar refractivity (Wildman–Crippen MR) is 70.1 cm³/mol. The van der Waals surface area contributed by atoms with E-state index in [1.165, 1.54) is 11.3 Å². The highest BCUT2D eigenvalue weighted by molar-refractivity contribution is 7.16. The van der Waals surface area contributed by atoms with Gasteiger partial charge in [-0.25, -0.2) is 4.98 Å². The van der Waals surface area contributed by atoms with Gasteiger partial charge in [0.25, 0.3) is 0 Å². The Balaban J connectivity index is 2.37. The maximum absolute atomic E-state index is 9.51. The number of ether oxygens (including phenoxy) is 1. The number of aryl methyl sites for hydroxylation is 1. The average molecular weight is 270 g/mol. The van der Waals surface area contributed by atoms with Gasteiger partial charge in [0, 0.05) is 5.56 Å². The van der Waals surface area contributed by atoms with Gasteiger partial charge in [-0.3, -0.25) is 0 Å². The molecule has 2 rings (SSSR count). The zero-order chi connectivity index (χ0) is 12.4. The van der Waals surface area contributed by atoms with Crippen LogP contribution in [0.15, 0.2) is 18.2 Å². The van der Waals surface area contributed by atoms with Gasteiger partial charge in [-0.1, -0.05) is 22.9 Å². The molecule has 2 aromatic rings. The lowest BCUT2D eigenvalue weighted by Gasteiger charge is -2.06. The fourth-order valence-electron chi connectivity index (χ4n) is 1.42. The Morgan fingerprint density at radius 2 is 2.24 bits per heavy atom. The number of rotatable bonds is 3. The Morgan fingerprint density at radius 1 is 1.47 bits per heavy atom. The summed E-state index contributed by atoms with van der Waals surface area (Å²) in [4.78, 5) is 4.27. The summed E-state index contributed by atoms with van der Waals surface area (Å²) >= 11 is 7.33. The van der Waals surface area contributed by atoms with Crippen LogP contribution in [0.2, 0.25) is 5.02 Å². The Bertz CT molecular complexity index is 520. The number of aromatic hydroxyl groups is 1. The van der Waals surface area contributed by atoms with Crippen LogP contribution >= 0.6 is 22.9 Å². The fraction of sp³-hybridized carbons (Fsp3) is 0.250. The van der Waals surface area contributed by atoms with Crippen molar-refractivity contribution in [2.45, 2.75) is 13.8 Å². The molecule has 0 saturated heterocycles. The molecule has 5 heteroatoms. The van der Waals surface area contributed by atoms with Crippen molar-refractivity contribution >= 4 is 22.9 Å². The molecule has 1 heterocycles. The second-order valence-electron chi connectivity index (χ2n) is 3.49. The summed E-state index contributed by atoms with van der Waals surface area (Å²) in [5.74, 6) is 0.662. The largest absolute Gasteiger partial charge is 0.498 e. The number of thiazole rings is 1. The standard InChI is InChI=1S/C12H12ClNO2S/c1-3-16-10-5-4-8(6-9(10)13)11-14-7(2)12(15)17-11/h4-6,15H,3H2,1-2H3. The minimum atomic E-state index is 0.241. The van der Waals surface area contributed by atoms with Crippen molar-refractivity contribution in [3.63, 3.8) is 0 Å². The van der Waals surface area contributed by atoms with Crippen molar-refractivity contribution in [2.75, 3.05) is 6.61 Å². The minimum Gasteiger partial charge on any atom is -0.498 e. The first kappa shape index (κ1) is 12.2. The third-order valence-electron chi connectivity index (χ3n) is 2.25. The van der Waals surface area contributed by atoms with Crippen molar-refractivity contribution in [1.29, 1.82) is 0 Å². The van der Waals surface area contributed by atoms with Crippen LogP contribution in [0.1, 0.15) is 12.6 Å². The van der Waals surface area contributed by atoms with E-state index >= 15 is 0 Å². The number of benzene rings is 1. The van der Waals surface area contributed by atoms with Gasteiger partial charge < -0.3 is 9.84 Å². The molecule has 1 N–H and O–H groups in total. The van der Waals surface area contributed by atoms with Crippen LogP contribution < -0.4 is 4.74 Å². The topological polar surface area (TPSA) is 42.4 Å². The number of nitrogens with zero attached hydrogens (tertiary/aromatic N) is 1. The van der Waals surface area contributed by atoms with Gasteiger partial charge >= 0.3 is 0 Å². The molecule has 0 saturated carbocycles. The summed E-state index contributed by atoms with van der Waals surface area (Å²) in [5, 5.41) is 11.1. The van der Waals surface area contributed by atoms with Crippen LogP contribution in [0.3, 0.4) is 0 Å². The van der Waals surface area contributed by atoms with E-state index < -0.39 is 0 Å². The summed E-state index contributed by atoms with van der Waals surface area (Å²) in [6.07, 6.45) is 0. The zero-order valence-electron chi connectivity index (χ0n) is 9.53. The lowest BCUT2D eigenvalue weighted by atomic mass is 10.2. The van der Waals surface area contributed by atoms with Gasteiger partial charge in [-0.15, -0.1) is 0 Å². The number of hydrogen-bond acceptors (Lipinski definition) is 4. The summed E-state index contributed by atoms with van der Waals surface area (Å²) in [6, 6.07) is 5.49. The second-order valence-corrected chi connectivity index (χ2v) is 4.87. The Morgan fingerprint density at radius 3 is 2.76 bits per heavy atom. The van der Waals surface area contributed by atoms with Crippen molar-refractivity contribution in [1.82, 2.24) is 4.98 Å². The molecule has 17 heavy (non-hydrogen) atoms. The molecule has 0 aliphatic rings. The van der Waals surface area contributed by atoms with Gasteiger partial charge in [-0.05, 0) is 32.0 Å². The van der Waals surface area contributed by atoms with Gasteiger partial charge in [0.15, 0.2) is 5.06 Å². The Labute approximate surface area is 109 Å². The Hall–Kier alpha value is -1.26. The first-order chi connectivity index (χ1) is 8.11. The Kier molecular flexibility index (Phi) is 3.54. The third kappa shape index (κ3) is 2.53. The highest BCUT2D eigenvalue weighted by Crippen LogP contribution is 2.35. The zero-order valence-corrected chi connectivity index (χ0v) is 11.1. The molecule has 90 valence electrons. The highest BCUT2D eigenvalue weighted by Gasteiger charge is 2.10. The summed E-state index contributed by atoms with van der Waals surface area (Å²) in [6.45, 7) is 4.26. The molecule has 0 fully saturated rings. The molecule has 0 unspecified atom stereocenters. The van der Waals surface area contributed by atoms with Gasteiger partial charge in [0.1, 0.15) is 10.8 Å². The van der Waals surface area contributed by atoms with Crippen molar-refractivity contribution in [2.24, 2.45) is 0 Å². The van der Waals surface area contributed by atoms with E-state index in [0.717, 1.165) is 10.6 Å². The molecule has 0 spiro atoms. The van der Waals surface area contributed by atoms with Crippen molar-refractivity contribution < 1.29 is 9.84 Å². The smallest absolute Gasteiger partial charge is 0.195 e. The quantitative estimate of drug-likeness (QED) is 0.920. The lowest BCUT2D eigenvalue weighted by molar-refractivity contribution is 0.340. The van der Waals surface area contributed by atoms with Crippen LogP contribution in [-0.2, 0) is 0 Å². The molecule has 1 aromatic heterocycles. The van der Waals surface area contributed by atoms with Crippen molar-refractivity contribution in [3.8, 4) is 21.4 Å². The monoisotopic (exact) mass is 269 g/mol.